The van der Waals surface area contributed by atoms with Gasteiger partial charge in [-0.25, -0.2) is 9.97 Å². The molecule has 31 heavy (non-hydrogen) atoms. The van der Waals surface area contributed by atoms with Gasteiger partial charge in [0, 0.05) is 31.5 Å². The molecular weight excluding hydrogens is 390 g/mol. The molecule has 6 heteroatoms. The smallest absolute Gasteiger partial charge is 0.321 e. The van der Waals surface area contributed by atoms with Crippen molar-refractivity contribution in [3.63, 3.8) is 0 Å². The fraction of sp³-hybridized carbons (Fsp3) is 0.560. The van der Waals surface area contributed by atoms with Crippen LogP contribution in [0.2, 0.25) is 0 Å². The number of nitrogens with zero attached hydrogens (tertiary/aromatic N) is 2. The van der Waals surface area contributed by atoms with Crippen LogP contribution in [0.1, 0.15) is 58.1 Å². The third-order valence-electron chi connectivity index (χ3n) is 8.09. The van der Waals surface area contributed by atoms with Crippen LogP contribution in [0.4, 0.5) is 0 Å². The first kappa shape index (κ1) is 20.4. The van der Waals surface area contributed by atoms with E-state index in [1.165, 1.54) is 12.0 Å². The second kappa shape index (κ2) is 7.59. The van der Waals surface area contributed by atoms with Crippen LogP contribution in [0, 0.1) is 22.7 Å². The number of carbonyl (C=O) groups is 1. The fourth-order valence-electron chi connectivity index (χ4n) is 6.55. The van der Waals surface area contributed by atoms with E-state index in [2.05, 4.69) is 41.3 Å². The molecule has 6 nitrogen and oxygen atoms in total. The number of hydrogen-bond acceptors (Lipinski definition) is 5. The molecule has 1 aliphatic heterocycles. The van der Waals surface area contributed by atoms with Crippen LogP contribution in [-0.2, 0) is 9.53 Å². The molecule has 1 aromatic carbocycles. The first-order chi connectivity index (χ1) is 14.9. The molecule has 2 aromatic rings. The van der Waals surface area contributed by atoms with Gasteiger partial charge in [-0.1, -0.05) is 32.9 Å². The lowest BCUT2D eigenvalue weighted by Gasteiger charge is -2.53. The Bertz CT molecular complexity index is 946. The van der Waals surface area contributed by atoms with E-state index in [0.717, 1.165) is 19.4 Å². The quantitative estimate of drug-likeness (QED) is 0.759. The van der Waals surface area contributed by atoms with Crippen molar-refractivity contribution < 1.29 is 14.3 Å². The molecule has 1 aromatic heterocycles. The van der Waals surface area contributed by atoms with Gasteiger partial charge in [0.05, 0.1) is 6.10 Å². The number of rotatable bonds is 5. The minimum Gasteiger partial charge on any atom is -0.424 e. The summed E-state index contributed by atoms with van der Waals surface area (Å²) in [4.78, 5) is 20.6. The number of amides is 1. The van der Waals surface area contributed by atoms with Gasteiger partial charge in [-0.05, 0) is 65.7 Å². The molecule has 5 rings (SSSR count). The minimum atomic E-state index is 0.0536. The Morgan fingerprint density at radius 3 is 2.68 bits per heavy atom. The summed E-state index contributed by atoms with van der Waals surface area (Å²) in [6.07, 6.45) is 7.28. The number of carbonyl (C=O) groups excluding carboxylic acids is 1. The number of aromatic nitrogens is 2. The number of fused-ring (bicyclic) bond motifs is 1. The third-order valence-corrected chi connectivity index (χ3v) is 8.09. The summed E-state index contributed by atoms with van der Waals surface area (Å²) in [5, 5.41) is 3.42. The van der Waals surface area contributed by atoms with Crippen LogP contribution in [0.25, 0.3) is 0 Å². The molecule has 3 fully saturated rings. The Kier molecular flexibility index (Phi) is 5.00. The summed E-state index contributed by atoms with van der Waals surface area (Å²) in [5.74, 6) is 1.90. The van der Waals surface area contributed by atoms with E-state index in [1.807, 2.05) is 19.1 Å². The lowest BCUT2D eigenvalue weighted by atomic mass is 9.59. The molecule has 0 radical (unpaired) electrons. The highest BCUT2D eigenvalue weighted by Gasteiger charge is 2.68. The second-order valence-corrected chi connectivity index (χ2v) is 9.90. The van der Waals surface area contributed by atoms with E-state index < -0.39 is 0 Å². The average Bonchev–Trinajstić information content (AvgIpc) is 3.27. The van der Waals surface area contributed by atoms with Gasteiger partial charge in [0.2, 0.25) is 5.91 Å². The second-order valence-electron chi connectivity index (χ2n) is 9.90. The molecule has 1 N–H and O–H groups in total. The predicted molar refractivity (Wildman–Crippen MR) is 117 cm³/mol. The molecule has 3 aliphatic rings. The van der Waals surface area contributed by atoms with Crippen LogP contribution >= 0.6 is 0 Å². The van der Waals surface area contributed by atoms with E-state index in [4.69, 9.17) is 9.47 Å². The summed E-state index contributed by atoms with van der Waals surface area (Å²) < 4.78 is 12.1. The van der Waals surface area contributed by atoms with Crippen molar-refractivity contribution >= 4 is 5.91 Å². The Morgan fingerprint density at radius 1 is 1.23 bits per heavy atom. The Balaban J connectivity index is 1.39. The van der Waals surface area contributed by atoms with E-state index >= 15 is 0 Å². The summed E-state index contributed by atoms with van der Waals surface area (Å²) in [6.45, 7) is 7.34. The monoisotopic (exact) mass is 421 g/mol. The van der Waals surface area contributed by atoms with Gasteiger partial charge in [-0.3, -0.25) is 4.79 Å². The molecule has 1 spiro atoms. The minimum absolute atomic E-state index is 0.0536. The zero-order valence-corrected chi connectivity index (χ0v) is 18.5. The largest absolute Gasteiger partial charge is 0.424 e. The molecule has 1 amide bonds. The highest BCUT2D eigenvalue weighted by molar-refractivity contribution is 5.76. The van der Waals surface area contributed by atoms with E-state index in [0.29, 0.717) is 30.0 Å². The van der Waals surface area contributed by atoms with Gasteiger partial charge in [-0.15, -0.1) is 0 Å². The van der Waals surface area contributed by atoms with Crippen LogP contribution in [0.5, 0.6) is 11.8 Å². The Morgan fingerprint density at radius 2 is 1.97 bits per heavy atom. The van der Waals surface area contributed by atoms with Crippen molar-refractivity contribution in [2.24, 2.45) is 22.7 Å². The van der Waals surface area contributed by atoms with Gasteiger partial charge in [0.25, 0.3) is 0 Å². The SMILES string of the molecule is CCC(=O)N[C@@H]1C(C)(C)[C@@H]2C[C@@H]3[C@@H](c4ccc(Oc5ncccn5)cc4)OCCC31C2. The van der Waals surface area contributed by atoms with Gasteiger partial charge in [0.1, 0.15) is 5.75 Å². The van der Waals surface area contributed by atoms with E-state index in [-0.39, 0.29) is 28.9 Å². The Labute approximate surface area is 183 Å². The normalized spacial score (nSPS) is 33.0. The maximum atomic E-state index is 12.4. The standard InChI is InChI=1S/C25H31N3O3/c1-4-20(29)28-22-24(2,3)17-14-19-21(30-13-10-25(19,22)15-17)16-6-8-18(9-7-16)31-23-26-11-5-12-27-23/h5-9,11-12,17,19,21-22H,4,10,13-15H2,1-3H3,(H,28,29)/t17-,19-,21-,22-,25?/m1/s1. The zero-order valence-electron chi connectivity index (χ0n) is 18.5. The number of nitrogens with one attached hydrogen (secondary N) is 1. The van der Waals surface area contributed by atoms with Crippen LogP contribution in [0.3, 0.4) is 0 Å². The number of benzene rings is 1. The Hall–Kier alpha value is -2.47. The van der Waals surface area contributed by atoms with Gasteiger partial charge >= 0.3 is 6.01 Å². The summed E-state index contributed by atoms with van der Waals surface area (Å²) >= 11 is 0. The van der Waals surface area contributed by atoms with Crippen molar-refractivity contribution in [1.82, 2.24) is 15.3 Å². The molecule has 1 unspecified atom stereocenters. The first-order valence-corrected chi connectivity index (χ1v) is 11.4. The maximum absolute atomic E-state index is 12.4. The van der Waals surface area contributed by atoms with Gasteiger partial charge in [-0.2, -0.15) is 0 Å². The third kappa shape index (κ3) is 3.32. The molecule has 1 saturated heterocycles. The number of hydrogen-bond donors (Lipinski definition) is 1. The van der Waals surface area contributed by atoms with Gasteiger partial charge < -0.3 is 14.8 Å². The molecule has 164 valence electrons. The van der Waals surface area contributed by atoms with Crippen LogP contribution in [0.15, 0.2) is 42.7 Å². The molecule has 2 saturated carbocycles. The predicted octanol–water partition coefficient (Wildman–Crippen LogP) is 4.68. The summed E-state index contributed by atoms with van der Waals surface area (Å²) in [6, 6.07) is 10.4. The number of ether oxygens (including phenoxy) is 2. The van der Waals surface area contributed by atoms with Crippen molar-refractivity contribution in [2.75, 3.05) is 6.61 Å². The summed E-state index contributed by atoms with van der Waals surface area (Å²) in [5.41, 5.74) is 1.42. The maximum Gasteiger partial charge on any atom is 0.321 e. The van der Waals surface area contributed by atoms with Crippen molar-refractivity contribution in [3.8, 4) is 11.8 Å². The van der Waals surface area contributed by atoms with Crippen LogP contribution in [-0.4, -0.2) is 28.5 Å². The van der Waals surface area contributed by atoms with Crippen LogP contribution < -0.4 is 10.1 Å². The highest BCUT2D eigenvalue weighted by atomic mass is 16.5. The first-order valence-electron chi connectivity index (χ1n) is 11.4. The van der Waals surface area contributed by atoms with E-state index in [9.17, 15) is 4.79 Å². The van der Waals surface area contributed by atoms with Crippen molar-refractivity contribution in [2.45, 2.75) is 58.6 Å². The molecule has 2 bridgehead atoms. The molecule has 2 heterocycles. The van der Waals surface area contributed by atoms with E-state index in [1.54, 1.807) is 18.5 Å². The van der Waals surface area contributed by atoms with Crippen molar-refractivity contribution in [3.05, 3.63) is 48.3 Å². The lowest BCUT2D eigenvalue weighted by Crippen LogP contribution is -2.58. The average molecular weight is 422 g/mol. The zero-order chi connectivity index (χ0) is 21.6. The molecular formula is C25H31N3O3. The topological polar surface area (TPSA) is 73.3 Å². The highest BCUT2D eigenvalue weighted by Crippen LogP contribution is 2.70. The van der Waals surface area contributed by atoms with Gasteiger partial charge in [0.15, 0.2) is 0 Å². The fourth-order valence-corrected chi connectivity index (χ4v) is 6.55. The summed E-state index contributed by atoms with van der Waals surface area (Å²) in [7, 11) is 0. The molecule has 2 aliphatic carbocycles. The molecule has 5 atom stereocenters. The van der Waals surface area contributed by atoms with Crippen molar-refractivity contribution in [1.29, 1.82) is 0 Å². The lowest BCUT2D eigenvalue weighted by molar-refractivity contribution is -0.137.